The van der Waals surface area contributed by atoms with Gasteiger partial charge >= 0.3 is 0 Å². The van der Waals surface area contributed by atoms with Crippen LogP contribution in [0.4, 0.5) is 0 Å². The molecule has 0 bridgehead atoms. The van der Waals surface area contributed by atoms with E-state index in [4.69, 9.17) is 11.6 Å². The Kier molecular flexibility index (Phi) is 4.47. The SMILES string of the molecule is CN(C)C1C[C@@H]2CC(N(C)C(=O)c3ccccc3Cl)C[C@@H]2C1. The first-order valence-electron chi connectivity index (χ1n) is 8.15. The standard InChI is InChI=1S/C18H25ClN2O/c1-20(2)14-8-12-10-15(11-13(12)9-14)21(3)18(22)16-6-4-5-7-17(16)19/h4-7,12-15H,8-11H2,1-3H3/t12-,13+,14?,15?. The van der Waals surface area contributed by atoms with Crippen molar-refractivity contribution in [3.63, 3.8) is 0 Å². The summed E-state index contributed by atoms with van der Waals surface area (Å²) in [4.78, 5) is 17.0. The van der Waals surface area contributed by atoms with Crippen LogP contribution in [-0.4, -0.2) is 48.9 Å². The first-order chi connectivity index (χ1) is 10.5. The minimum Gasteiger partial charge on any atom is -0.339 e. The second-order valence-corrected chi connectivity index (χ2v) is 7.54. The van der Waals surface area contributed by atoms with Gasteiger partial charge in [-0.1, -0.05) is 23.7 Å². The lowest BCUT2D eigenvalue weighted by atomic mass is 10.0. The van der Waals surface area contributed by atoms with Gasteiger partial charge < -0.3 is 9.80 Å². The second kappa shape index (κ2) is 6.21. The van der Waals surface area contributed by atoms with Crippen molar-refractivity contribution in [2.24, 2.45) is 11.8 Å². The van der Waals surface area contributed by atoms with Gasteiger partial charge in [0.1, 0.15) is 0 Å². The van der Waals surface area contributed by atoms with Crippen LogP contribution in [-0.2, 0) is 0 Å². The third-order valence-corrected chi connectivity index (χ3v) is 6.00. The highest BCUT2D eigenvalue weighted by Gasteiger charge is 2.44. The summed E-state index contributed by atoms with van der Waals surface area (Å²) in [7, 11) is 6.29. The molecule has 3 rings (SSSR count). The Morgan fingerprint density at radius 1 is 1.00 bits per heavy atom. The zero-order valence-corrected chi connectivity index (χ0v) is 14.4. The molecule has 4 atom stereocenters. The van der Waals surface area contributed by atoms with Crippen LogP contribution in [0.1, 0.15) is 36.0 Å². The fourth-order valence-electron chi connectivity index (χ4n) is 4.28. The lowest BCUT2D eigenvalue weighted by Gasteiger charge is -2.27. The van der Waals surface area contributed by atoms with E-state index < -0.39 is 0 Å². The van der Waals surface area contributed by atoms with E-state index in [9.17, 15) is 4.79 Å². The maximum absolute atomic E-state index is 12.7. The average molecular weight is 321 g/mol. The zero-order valence-electron chi connectivity index (χ0n) is 13.6. The number of nitrogens with zero attached hydrogens (tertiary/aromatic N) is 2. The summed E-state index contributed by atoms with van der Waals surface area (Å²) >= 11 is 6.17. The van der Waals surface area contributed by atoms with E-state index in [0.29, 0.717) is 16.6 Å². The topological polar surface area (TPSA) is 23.6 Å². The Balaban J connectivity index is 1.65. The molecular weight excluding hydrogens is 296 g/mol. The van der Waals surface area contributed by atoms with Crippen molar-refractivity contribution in [2.45, 2.75) is 37.8 Å². The number of carbonyl (C=O) groups is 1. The Labute approximate surface area is 138 Å². The van der Waals surface area contributed by atoms with Crippen LogP contribution in [0.5, 0.6) is 0 Å². The first kappa shape index (κ1) is 15.8. The van der Waals surface area contributed by atoms with Gasteiger partial charge in [0, 0.05) is 19.1 Å². The monoisotopic (exact) mass is 320 g/mol. The summed E-state index contributed by atoms with van der Waals surface area (Å²) in [5.41, 5.74) is 0.620. The number of halogens is 1. The van der Waals surface area contributed by atoms with Crippen LogP contribution >= 0.6 is 11.6 Å². The molecule has 4 heteroatoms. The van der Waals surface area contributed by atoms with Crippen molar-refractivity contribution in [1.29, 1.82) is 0 Å². The van der Waals surface area contributed by atoms with E-state index in [1.165, 1.54) is 12.8 Å². The van der Waals surface area contributed by atoms with E-state index in [-0.39, 0.29) is 5.91 Å². The predicted molar refractivity (Wildman–Crippen MR) is 90.3 cm³/mol. The van der Waals surface area contributed by atoms with E-state index in [1.807, 2.05) is 30.1 Å². The molecular formula is C18H25ClN2O. The van der Waals surface area contributed by atoms with Gasteiger partial charge in [-0.15, -0.1) is 0 Å². The molecule has 120 valence electrons. The lowest BCUT2D eigenvalue weighted by molar-refractivity contribution is 0.0726. The smallest absolute Gasteiger partial charge is 0.255 e. The van der Waals surface area contributed by atoms with E-state index >= 15 is 0 Å². The Morgan fingerprint density at radius 2 is 1.55 bits per heavy atom. The van der Waals surface area contributed by atoms with Crippen LogP contribution in [0.15, 0.2) is 24.3 Å². The molecule has 0 aliphatic heterocycles. The molecule has 2 fully saturated rings. The molecule has 2 unspecified atom stereocenters. The third kappa shape index (κ3) is 2.89. The Hall–Kier alpha value is -1.06. The Bertz CT molecular complexity index is 546. The largest absolute Gasteiger partial charge is 0.339 e. The fourth-order valence-corrected chi connectivity index (χ4v) is 4.50. The van der Waals surface area contributed by atoms with Crippen molar-refractivity contribution in [3.8, 4) is 0 Å². The van der Waals surface area contributed by atoms with E-state index in [0.717, 1.165) is 30.7 Å². The van der Waals surface area contributed by atoms with Gasteiger partial charge in [-0.2, -0.15) is 0 Å². The molecule has 2 aliphatic rings. The average Bonchev–Trinajstić information content (AvgIpc) is 3.04. The van der Waals surface area contributed by atoms with Gasteiger partial charge in [0.2, 0.25) is 0 Å². The van der Waals surface area contributed by atoms with Crippen LogP contribution in [0.3, 0.4) is 0 Å². The molecule has 0 radical (unpaired) electrons. The van der Waals surface area contributed by atoms with Gasteiger partial charge in [-0.05, 0) is 63.7 Å². The summed E-state index contributed by atoms with van der Waals surface area (Å²) in [6.45, 7) is 0. The minimum atomic E-state index is 0.0553. The highest BCUT2D eigenvalue weighted by atomic mass is 35.5. The van der Waals surface area contributed by atoms with Crippen molar-refractivity contribution in [2.75, 3.05) is 21.1 Å². The normalized spacial score (nSPS) is 30.6. The highest BCUT2D eigenvalue weighted by Crippen LogP contribution is 2.46. The summed E-state index contributed by atoms with van der Waals surface area (Å²) < 4.78 is 0. The lowest BCUT2D eigenvalue weighted by Crippen LogP contribution is -2.36. The number of amides is 1. The second-order valence-electron chi connectivity index (χ2n) is 7.13. The Morgan fingerprint density at radius 3 is 2.09 bits per heavy atom. The fraction of sp³-hybridized carbons (Fsp3) is 0.611. The summed E-state index contributed by atoms with van der Waals surface area (Å²) in [5, 5.41) is 0.546. The van der Waals surface area contributed by atoms with Crippen molar-refractivity contribution in [3.05, 3.63) is 34.9 Å². The molecule has 0 N–H and O–H groups in total. The maximum atomic E-state index is 12.7. The number of rotatable bonds is 3. The summed E-state index contributed by atoms with van der Waals surface area (Å²) in [6, 6.07) is 8.42. The van der Waals surface area contributed by atoms with Crippen LogP contribution in [0, 0.1) is 11.8 Å². The van der Waals surface area contributed by atoms with Crippen molar-refractivity contribution in [1.82, 2.24) is 9.80 Å². The quantitative estimate of drug-likeness (QED) is 0.850. The summed E-state index contributed by atoms with van der Waals surface area (Å²) in [6.07, 6.45) is 4.84. The number of carbonyl (C=O) groups excluding carboxylic acids is 1. The van der Waals surface area contributed by atoms with Crippen LogP contribution in [0.2, 0.25) is 5.02 Å². The number of hydrogen-bond acceptors (Lipinski definition) is 2. The maximum Gasteiger partial charge on any atom is 0.255 e. The zero-order chi connectivity index (χ0) is 15.9. The van der Waals surface area contributed by atoms with E-state index in [2.05, 4.69) is 19.0 Å². The van der Waals surface area contributed by atoms with Crippen LogP contribution in [0.25, 0.3) is 0 Å². The molecule has 0 heterocycles. The molecule has 1 amide bonds. The first-order valence-corrected chi connectivity index (χ1v) is 8.53. The molecule has 0 saturated heterocycles. The highest BCUT2D eigenvalue weighted by molar-refractivity contribution is 6.33. The molecule has 0 aromatic heterocycles. The molecule has 1 aromatic carbocycles. The van der Waals surface area contributed by atoms with Gasteiger partial charge in [-0.25, -0.2) is 0 Å². The van der Waals surface area contributed by atoms with Gasteiger partial charge in [0.15, 0.2) is 0 Å². The molecule has 1 aromatic rings. The van der Waals surface area contributed by atoms with Crippen molar-refractivity contribution < 1.29 is 4.79 Å². The molecule has 3 nitrogen and oxygen atoms in total. The molecule has 22 heavy (non-hydrogen) atoms. The van der Waals surface area contributed by atoms with Crippen LogP contribution < -0.4 is 0 Å². The number of benzene rings is 1. The summed E-state index contributed by atoms with van der Waals surface area (Å²) in [5.74, 6) is 1.61. The number of fused-ring (bicyclic) bond motifs is 1. The number of hydrogen-bond donors (Lipinski definition) is 0. The van der Waals surface area contributed by atoms with Crippen molar-refractivity contribution >= 4 is 17.5 Å². The molecule has 0 spiro atoms. The van der Waals surface area contributed by atoms with Gasteiger partial charge in [-0.3, -0.25) is 4.79 Å². The third-order valence-electron chi connectivity index (χ3n) is 5.67. The minimum absolute atomic E-state index is 0.0553. The molecule has 2 saturated carbocycles. The van der Waals surface area contributed by atoms with Gasteiger partial charge in [0.05, 0.1) is 10.6 Å². The predicted octanol–water partition coefficient (Wildman–Crippen LogP) is 3.53. The molecule has 2 aliphatic carbocycles. The van der Waals surface area contributed by atoms with Gasteiger partial charge in [0.25, 0.3) is 5.91 Å². The van der Waals surface area contributed by atoms with E-state index in [1.54, 1.807) is 6.07 Å².